The fourth-order valence-electron chi connectivity index (χ4n) is 1.39. The van der Waals surface area contributed by atoms with Gasteiger partial charge in [-0.3, -0.25) is 4.79 Å². The third kappa shape index (κ3) is 2.03. The lowest BCUT2D eigenvalue weighted by Gasteiger charge is -2.19. The molecule has 0 spiro atoms. The van der Waals surface area contributed by atoms with Gasteiger partial charge in [-0.1, -0.05) is 0 Å². The molecule has 1 heterocycles. The van der Waals surface area contributed by atoms with Crippen molar-refractivity contribution in [3.8, 4) is 0 Å². The van der Waals surface area contributed by atoms with Gasteiger partial charge in [-0.25, -0.2) is 4.72 Å². The van der Waals surface area contributed by atoms with E-state index in [4.69, 9.17) is 5.11 Å². The molecule has 82 valence electrons. The maximum atomic E-state index is 11.3. The van der Waals surface area contributed by atoms with Crippen molar-refractivity contribution in [1.82, 2.24) is 9.03 Å². The van der Waals surface area contributed by atoms with Gasteiger partial charge in [0.2, 0.25) is 0 Å². The summed E-state index contributed by atoms with van der Waals surface area (Å²) >= 11 is 0. The molecular weight excluding hydrogens is 212 g/mol. The van der Waals surface area contributed by atoms with Crippen LogP contribution in [-0.2, 0) is 15.0 Å². The fourth-order valence-corrected chi connectivity index (χ4v) is 2.51. The van der Waals surface area contributed by atoms with Crippen molar-refractivity contribution in [3.63, 3.8) is 0 Å². The van der Waals surface area contributed by atoms with E-state index in [1.165, 1.54) is 7.05 Å². The Morgan fingerprint density at radius 1 is 1.57 bits per heavy atom. The van der Waals surface area contributed by atoms with Crippen LogP contribution in [0.5, 0.6) is 0 Å². The Morgan fingerprint density at radius 2 is 2.14 bits per heavy atom. The molecule has 0 amide bonds. The molecule has 0 radical (unpaired) electrons. The first kappa shape index (κ1) is 11.4. The Balaban J connectivity index is 2.93. The van der Waals surface area contributed by atoms with Crippen LogP contribution >= 0.6 is 0 Å². The van der Waals surface area contributed by atoms with E-state index in [-0.39, 0.29) is 13.0 Å². The van der Waals surface area contributed by atoms with Gasteiger partial charge >= 0.3 is 5.97 Å². The zero-order valence-corrected chi connectivity index (χ0v) is 8.36. The van der Waals surface area contributed by atoms with Gasteiger partial charge in [0.25, 0.3) is 10.2 Å². The summed E-state index contributed by atoms with van der Waals surface area (Å²) in [5.41, 5.74) is 0. The number of carbonyl (C=O) groups is 1. The minimum atomic E-state index is -3.78. The molecule has 8 heteroatoms. The quantitative estimate of drug-likeness (QED) is 0.512. The molecule has 7 nitrogen and oxygen atoms in total. The highest BCUT2D eigenvalue weighted by Crippen LogP contribution is 2.20. The number of aliphatic hydroxyl groups excluding tert-OH is 1. The summed E-state index contributed by atoms with van der Waals surface area (Å²) in [6.45, 7) is -0.180. The Labute approximate surface area is 81.5 Å². The van der Waals surface area contributed by atoms with Crippen LogP contribution < -0.4 is 4.72 Å². The zero-order chi connectivity index (χ0) is 10.9. The molecule has 0 bridgehead atoms. The van der Waals surface area contributed by atoms with Crippen LogP contribution in [0.2, 0.25) is 0 Å². The van der Waals surface area contributed by atoms with Crippen molar-refractivity contribution in [2.24, 2.45) is 0 Å². The predicted molar refractivity (Wildman–Crippen MR) is 46.7 cm³/mol. The highest BCUT2D eigenvalue weighted by Gasteiger charge is 2.42. The number of aliphatic carboxylic acids is 1. The van der Waals surface area contributed by atoms with E-state index < -0.39 is 28.3 Å². The first-order chi connectivity index (χ1) is 6.38. The Morgan fingerprint density at radius 3 is 2.57 bits per heavy atom. The summed E-state index contributed by atoms with van der Waals surface area (Å²) in [6, 6.07) is -1.18. The molecule has 0 saturated carbocycles. The molecule has 0 aromatic heterocycles. The van der Waals surface area contributed by atoms with Crippen molar-refractivity contribution in [1.29, 1.82) is 0 Å². The van der Waals surface area contributed by atoms with Gasteiger partial charge in [0.05, 0.1) is 6.10 Å². The molecule has 3 N–H and O–H groups in total. The van der Waals surface area contributed by atoms with Crippen LogP contribution in [0.15, 0.2) is 0 Å². The van der Waals surface area contributed by atoms with Crippen LogP contribution in [-0.4, -0.2) is 54.6 Å². The number of hydrogen-bond acceptors (Lipinski definition) is 4. The van der Waals surface area contributed by atoms with Crippen LogP contribution in [0.4, 0.5) is 0 Å². The molecule has 1 fully saturated rings. The van der Waals surface area contributed by atoms with E-state index in [2.05, 4.69) is 0 Å². The Kier molecular flexibility index (Phi) is 3.10. The summed E-state index contributed by atoms with van der Waals surface area (Å²) in [4.78, 5) is 10.7. The van der Waals surface area contributed by atoms with Crippen LogP contribution in [0.1, 0.15) is 6.42 Å². The second-order valence-electron chi connectivity index (χ2n) is 3.02. The van der Waals surface area contributed by atoms with Crippen LogP contribution in [0.25, 0.3) is 0 Å². The van der Waals surface area contributed by atoms with Gasteiger partial charge in [-0.15, -0.1) is 0 Å². The van der Waals surface area contributed by atoms with E-state index in [1.807, 2.05) is 4.72 Å². The molecular formula is C6H12N2O5S. The number of β-amino-alcohol motifs (C(OH)–C–C–N with tert-alkyl or cyclic N) is 1. The minimum absolute atomic E-state index is 0.0732. The van der Waals surface area contributed by atoms with Gasteiger partial charge in [0.1, 0.15) is 6.04 Å². The second kappa shape index (κ2) is 3.81. The van der Waals surface area contributed by atoms with Crippen LogP contribution in [0.3, 0.4) is 0 Å². The van der Waals surface area contributed by atoms with Crippen molar-refractivity contribution in [2.45, 2.75) is 18.6 Å². The standard InChI is InChI=1S/C6H12N2O5S/c1-7-14(12,13)8-3-4(9)2-5(8)6(10)11/h4-5,7,9H,2-3H2,1H3,(H,10,11)/t4-,5-/m0/s1. The largest absolute Gasteiger partial charge is 0.480 e. The molecule has 14 heavy (non-hydrogen) atoms. The molecule has 0 unspecified atom stereocenters. The summed E-state index contributed by atoms with van der Waals surface area (Å²) < 4.78 is 25.4. The lowest BCUT2D eigenvalue weighted by atomic mass is 10.2. The van der Waals surface area contributed by atoms with Gasteiger partial charge in [-0.05, 0) is 0 Å². The Hall–Kier alpha value is -0.700. The Bertz CT molecular complexity index is 327. The van der Waals surface area contributed by atoms with E-state index in [1.54, 1.807) is 0 Å². The third-order valence-electron chi connectivity index (χ3n) is 2.09. The van der Waals surface area contributed by atoms with Crippen molar-refractivity contribution in [3.05, 3.63) is 0 Å². The fraction of sp³-hybridized carbons (Fsp3) is 0.833. The van der Waals surface area contributed by atoms with E-state index in [0.29, 0.717) is 0 Å². The van der Waals surface area contributed by atoms with Crippen molar-refractivity contribution >= 4 is 16.2 Å². The molecule has 2 atom stereocenters. The minimum Gasteiger partial charge on any atom is -0.480 e. The van der Waals surface area contributed by atoms with Gasteiger partial charge in [0, 0.05) is 20.0 Å². The lowest BCUT2D eigenvalue weighted by molar-refractivity contribution is -0.140. The second-order valence-corrected chi connectivity index (χ2v) is 4.85. The molecule has 1 rings (SSSR count). The lowest BCUT2D eigenvalue weighted by Crippen LogP contribution is -2.45. The SMILES string of the molecule is CNS(=O)(=O)N1C[C@@H](O)C[C@H]1C(=O)O. The smallest absolute Gasteiger partial charge is 0.322 e. The van der Waals surface area contributed by atoms with Gasteiger partial charge in [-0.2, -0.15) is 12.7 Å². The molecule has 0 aromatic rings. The van der Waals surface area contributed by atoms with E-state index >= 15 is 0 Å². The predicted octanol–water partition coefficient (Wildman–Crippen LogP) is -2.03. The molecule has 1 saturated heterocycles. The number of hydrogen-bond donors (Lipinski definition) is 3. The average molecular weight is 224 g/mol. The highest BCUT2D eigenvalue weighted by atomic mass is 32.2. The summed E-state index contributed by atoms with van der Waals surface area (Å²) in [7, 11) is -2.59. The number of nitrogens with one attached hydrogen (secondary N) is 1. The summed E-state index contributed by atoms with van der Waals surface area (Å²) in [5.74, 6) is -1.25. The molecule has 1 aliphatic rings. The number of carboxylic acids is 1. The number of nitrogens with zero attached hydrogens (tertiary/aromatic N) is 1. The first-order valence-corrected chi connectivity index (χ1v) is 5.43. The van der Waals surface area contributed by atoms with Gasteiger partial charge < -0.3 is 10.2 Å². The first-order valence-electron chi connectivity index (χ1n) is 3.99. The zero-order valence-electron chi connectivity index (χ0n) is 7.54. The van der Waals surface area contributed by atoms with Crippen LogP contribution in [0, 0.1) is 0 Å². The summed E-state index contributed by atoms with van der Waals surface area (Å²) in [6.07, 6.45) is -0.991. The number of aliphatic hydroxyl groups is 1. The average Bonchev–Trinajstić information content (AvgIpc) is 2.48. The third-order valence-corrected chi connectivity index (χ3v) is 3.62. The normalized spacial score (nSPS) is 29.3. The maximum Gasteiger partial charge on any atom is 0.322 e. The molecule has 0 aromatic carbocycles. The molecule has 0 aliphatic carbocycles. The van der Waals surface area contributed by atoms with Gasteiger partial charge in [0.15, 0.2) is 0 Å². The maximum absolute atomic E-state index is 11.3. The van der Waals surface area contributed by atoms with Crippen molar-refractivity contribution in [2.75, 3.05) is 13.6 Å². The monoisotopic (exact) mass is 224 g/mol. The summed E-state index contributed by atoms with van der Waals surface area (Å²) in [5, 5.41) is 17.9. The number of rotatable bonds is 3. The highest BCUT2D eigenvalue weighted by molar-refractivity contribution is 7.87. The topological polar surface area (TPSA) is 107 Å². The van der Waals surface area contributed by atoms with Crippen molar-refractivity contribution < 1.29 is 23.4 Å². The van der Waals surface area contributed by atoms with E-state index in [9.17, 15) is 18.3 Å². The number of carboxylic acid groups (broad SMARTS) is 1. The van der Waals surface area contributed by atoms with E-state index in [0.717, 1.165) is 4.31 Å². The molecule has 1 aliphatic heterocycles.